The Morgan fingerprint density at radius 1 is 0.882 bits per heavy atom. The van der Waals surface area contributed by atoms with E-state index in [0.717, 1.165) is 5.56 Å². The van der Waals surface area contributed by atoms with Gasteiger partial charge in [-0.15, -0.1) is 0 Å². The van der Waals surface area contributed by atoms with Crippen molar-refractivity contribution in [3.05, 3.63) is 59.7 Å². The highest BCUT2D eigenvalue weighted by Gasteiger charge is 2.30. The molecule has 2 unspecified atom stereocenters. The molecule has 0 fully saturated rings. The fourth-order valence-corrected chi connectivity index (χ4v) is 2.65. The Bertz CT molecular complexity index is 550. The number of hydrogen-bond acceptors (Lipinski definition) is 2. The van der Waals surface area contributed by atoms with E-state index in [1.54, 1.807) is 7.11 Å². The highest BCUT2D eigenvalue weighted by molar-refractivity contribution is 5.74. The number of ether oxygens (including phenoxy) is 1. The zero-order valence-corrected chi connectivity index (χ0v) is 9.76. The van der Waals surface area contributed by atoms with Crippen molar-refractivity contribution in [3.63, 3.8) is 0 Å². The van der Waals surface area contributed by atoms with Gasteiger partial charge in [0.1, 0.15) is 6.10 Å². The standard InChI is InChI=1S/C15H15NO/c1-17-15-13-9-5-3-7-11(13)10-6-2-4-8-12(10)14(15)16/h2-9,14-15H,16H2,1H3. The fraction of sp³-hybridized carbons (Fsp3) is 0.200. The number of nitrogens with two attached hydrogens (primary N) is 1. The number of rotatable bonds is 1. The largest absolute Gasteiger partial charge is 0.375 e. The van der Waals surface area contributed by atoms with Gasteiger partial charge in [0.2, 0.25) is 0 Å². The van der Waals surface area contributed by atoms with E-state index in [0.29, 0.717) is 0 Å². The molecule has 17 heavy (non-hydrogen) atoms. The predicted octanol–water partition coefficient (Wildman–Crippen LogP) is 3.05. The van der Waals surface area contributed by atoms with Gasteiger partial charge in [-0.05, 0) is 22.3 Å². The minimum atomic E-state index is -0.0916. The second-order valence-electron chi connectivity index (χ2n) is 4.36. The maximum Gasteiger partial charge on any atom is 0.102 e. The zero-order valence-electron chi connectivity index (χ0n) is 9.76. The van der Waals surface area contributed by atoms with Crippen LogP contribution in [0.5, 0.6) is 0 Å². The van der Waals surface area contributed by atoms with Gasteiger partial charge >= 0.3 is 0 Å². The van der Waals surface area contributed by atoms with Crippen LogP contribution in [-0.4, -0.2) is 7.11 Å². The molecule has 0 saturated carbocycles. The van der Waals surface area contributed by atoms with Gasteiger partial charge in [0.15, 0.2) is 0 Å². The van der Waals surface area contributed by atoms with Gasteiger partial charge in [-0.2, -0.15) is 0 Å². The second-order valence-corrected chi connectivity index (χ2v) is 4.36. The van der Waals surface area contributed by atoms with E-state index in [1.165, 1.54) is 16.7 Å². The number of hydrogen-bond donors (Lipinski definition) is 1. The number of methoxy groups -OCH3 is 1. The second kappa shape index (κ2) is 3.99. The van der Waals surface area contributed by atoms with Crippen molar-refractivity contribution in [2.45, 2.75) is 12.1 Å². The topological polar surface area (TPSA) is 35.2 Å². The number of benzene rings is 2. The molecule has 2 N–H and O–H groups in total. The van der Waals surface area contributed by atoms with Crippen molar-refractivity contribution in [2.24, 2.45) is 5.73 Å². The summed E-state index contributed by atoms with van der Waals surface area (Å²) in [6, 6.07) is 16.5. The van der Waals surface area contributed by atoms with Crippen LogP contribution in [0, 0.1) is 0 Å². The molecule has 2 aromatic carbocycles. The first kappa shape index (κ1) is 10.5. The number of fused-ring (bicyclic) bond motifs is 3. The molecule has 3 rings (SSSR count). The first-order valence-corrected chi connectivity index (χ1v) is 5.79. The van der Waals surface area contributed by atoms with Crippen LogP contribution in [0.15, 0.2) is 48.5 Å². The van der Waals surface area contributed by atoms with Crippen molar-refractivity contribution in [1.82, 2.24) is 0 Å². The Hall–Kier alpha value is -1.64. The third-order valence-corrected chi connectivity index (χ3v) is 3.46. The Morgan fingerprint density at radius 3 is 2.06 bits per heavy atom. The SMILES string of the molecule is COC1c2ccccc2-c2ccccc2C1N. The summed E-state index contributed by atoms with van der Waals surface area (Å²) in [5, 5.41) is 0. The molecule has 0 amide bonds. The van der Waals surface area contributed by atoms with Crippen molar-refractivity contribution < 1.29 is 4.74 Å². The summed E-state index contributed by atoms with van der Waals surface area (Å²) in [4.78, 5) is 0. The van der Waals surface area contributed by atoms with Crippen LogP contribution in [0.25, 0.3) is 11.1 Å². The lowest BCUT2D eigenvalue weighted by Gasteiger charge is -2.32. The maximum atomic E-state index is 6.29. The molecular weight excluding hydrogens is 210 g/mol. The van der Waals surface area contributed by atoms with Gasteiger partial charge in [0.05, 0.1) is 6.04 Å². The van der Waals surface area contributed by atoms with Gasteiger partial charge in [0.25, 0.3) is 0 Å². The van der Waals surface area contributed by atoms with Gasteiger partial charge < -0.3 is 10.5 Å². The van der Waals surface area contributed by atoms with Gasteiger partial charge in [-0.3, -0.25) is 0 Å². The zero-order chi connectivity index (χ0) is 11.8. The molecule has 0 saturated heterocycles. The van der Waals surface area contributed by atoms with Gasteiger partial charge in [-0.25, -0.2) is 0 Å². The molecule has 0 bridgehead atoms. The minimum absolute atomic E-state index is 0.0545. The quantitative estimate of drug-likeness (QED) is 0.809. The van der Waals surface area contributed by atoms with Crippen molar-refractivity contribution in [2.75, 3.05) is 7.11 Å². The highest BCUT2D eigenvalue weighted by Crippen LogP contribution is 2.44. The Morgan fingerprint density at radius 2 is 1.41 bits per heavy atom. The van der Waals surface area contributed by atoms with Crippen LogP contribution in [0.4, 0.5) is 0 Å². The van der Waals surface area contributed by atoms with E-state index in [9.17, 15) is 0 Å². The van der Waals surface area contributed by atoms with E-state index in [2.05, 4.69) is 36.4 Å². The van der Waals surface area contributed by atoms with Gasteiger partial charge in [0, 0.05) is 7.11 Å². The predicted molar refractivity (Wildman–Crippen MR) is 68.6 cm³/mol. The summed E-state index contributed by atoms with van der Waals surface area (Å²) in [5.74, 6) is 0. The smallest absolute Gasteiger partial charge is 0.102 e. The van der Waals surface area contributed by atoms with E-state index >= 15 is 0 Å². The first-order valence-electron chi connectivity index (χ1n) is 5.79. The Balaban J connectivity index is 2.29. The monoisotopic (exact) mass is 225 g/mol. The molecule has 0 heterocycles. The molecule has 86 valence electrons. The van der Waals surface area contributed by atoms with Crippen LogP contribution >= 0.6 is 0 Å². The Kier molecular flexibility index (Phi) is 2.46. The Labute approximate surface area is 101 Å². The lowest BCUT2D eigenvalue weighted by atomic mass is 9.81. The minimum Gasteiger partial charge on any atom is -0.375 e. The van der Waals surface area contributed by atoms with E-state index < -0.39 is 0 Å². The molecule has 2 atom stereocenters. The molecular formula is C15H15NO. The normalized spacial score (nSPS) is 21.8. The summed E-state index contributed by atoms with van der Waals surface area (Å²) in [7, 11) is 1.72. The fourth-order valence-electron chi connectivity index (χ4n) is 2.65. The molecule has 1 aliphatic rings. The summed E-state index contributed by atoms with van der Waals surface area (Å²) in [6.45, 7) is 0. The lowest BCUT2D eigenvalue weighted by Crippen LogP contribution is -2.25. The molecule has 0 spiro atoms. The van der Waals surface area contributed by atoms with E-state index in [-0.39, 0.29) is 12.1 Å². The molecule has 0 radical (unpaired) electrons. The molecule has 2 nitrogen and oxygen atoms in total. The van der Waals surface area contributed by atoms with Crippen LogP contribution < -0.4 is 5.73 Å². The average molecular weight is 225 g/mol. The molecule has 0 aliphatic heterocycles. The molecule has 2 aromatic rings. The summed E-state index contributed by atoms with van der Waals surface area (Å²) in [6.07, 6.45) is -0.0545. The summed E-state index contributed by atoms with van der Waals surface area (Å²) < 4.78 is 5.56. The molecule has 1 aliphatic carbocycles. The van der Waals surface area contributed by atoms with Crippen molar-refractivity contribution in [3.8, 4) is 11.1 Å². The third-order valence-electron chi connectivity index (χ3n) is 3.46. The van der Waals surface area contributed by atoms with Gasteiger partial charge in [-0.1, -0.05) is 48.5 Å². The molecule has 2 heteroatoms. The maximum absolute atomic E-state index is 6.29. The lowest BCUT2D eigenvalue weighted by molar-refractivity contribution is 0.0791. The van der Waals surface area contributed by atoms with Crippen molar-refractivity contribution in [1.29, 1.82) is 0 Å². The average Bonchev–Trinajstić information content (AvgIpc) is 2.40. The van der Waals surface area contributed by atoms with Crippen LogP contribution in [0.2, 0.25) is 0 Å². The first-order chi connectivity index (χ1) is 8.33. The van der Waals surface area contributed by atoms with E-state index in [1.807, 2.05) is 12.1 Å². The van der Waals surface area contributed by atoms with Crippen LogP contribution in [0.3, 0.4) is 0 Å². The van der Waals surface area contributed by atoms with E-state index in [4.69, 9.17) is 10.5 Å². The summed E-state index contributed by atoms with van der Waals surface area (Å²) >= 11 is 0. The van der Waals surface area contributed by atoms with Crippen LogP contribution in [-0.2, 0) is 4.74 Å². The van der Waals surface area contributed by atoms with Crippen molar-refractivity contribution >= 4 is 0 Å². The van der Waals surface area contributed by atoms with Crippen LogP contribution in [0.1, 0.15) is 23.3 Å². The highest BCUT2D eigenvalue weighted by atomic mass is 16.5. The third kappa shape index (κ3) is 1.49. The molecule has 0 aromatic heterocycles. The summed E-state index contributed by atoms with van der Waals surface area (Å²) in [5.41, 5.74) is 11.1.